The Morgan fingerprint density at radius 3 is 2.46 bits per heavy atom. The minimum atomic E-state index is -1.21. The normalized spacial score (nSPS) is 32.2. The number of amides is 2. The first kappa shape index (κ1) is 16.9. The lowest BCUT2D eigenvalue weighted by atomic mass is 9.78. The number of likely N-dealkylation sites (tertiary alicyclic amines) is 1. The molecule has 0 saturated carbocycles. The van der Waals surface area contributed by atoms with Gasteiger partial charge in [0.25, 0.3) is 0 Å². The van der Waals surface area contributed by atoms with Crippen molar-refractivity contribution in [3.63, 3.8) is 0 Å². The van der Waals surface area contributed by atoms with Crippen LogP contribution in [-0.2, 0) is 19.1 Å². The average Bonchev–Trinajstić information content (AvgIpc) is 3.05. The molecular weight excluding hydrogens is 332 g/mol. The molecule has 6 nitrogen and oxygen atoms in total. The largest absolute Gasteiger partial charge is 0.468 e. The molecule has 2 amide bonds. The fourth-order valence-electron chi connectivity index (χ4n) is 3.94. The molecule has 1 aromatic rings. The van der Waals surface area contributed by atoms with Crippen molar-refractivity contribution in [1.29, 1.82) is 0 Å². The third-order valence-electron chi connectivity index (χ3n) is 5.21. The molecular formula is C17H19ClN2O4. The number of nitrogens with one attached hydrogen (secondary N) is 1. The smallest absolute Gasteiger partial charge is 0.326 e. The van der Waals surface area contributed by atoms with Gasteiger partial charge < -0.3 is 4.74 Å². The molecule has 7 heteroatoms. The van der Waals surface area contributed by atoms with Crippen LogP contribution >= 0.6 is 11.6 Å². The first-order valence-corrected chi connectivity index (χ1v) is 8.18. The van der Waals surface area contributed by atoms with Crippen LogP contribution < -0.4 is 5.32 Å². The molecule has 2 heterocycles. The molecule has 4 atom stereocenters. The number of fused-ring (bicyclic) bond motifs is 1. The second kappa shape index (κ2) is 5.86. The summed E-state index contributed by atoms with van der Waals surface area (Å²) in [6.45, 7) is 1.81. The van der Waals surface area contributed by atoms with E-state index in [0.717, 1.165) is 10.5 Å². The number of rotatable bonds is 3. The molecule has 0 spiro atoms. The highest BCUT2D eigenvalue weighted by Gasteiger charge is 2.67. The van der Waals surface area contributed by atoms with Gasteiger partial charge in [-0.25, -0.2) is 0 Å². The van der Waals surface area contributed by atoms with Crippen LogP contribution in [0.2, 0.25) is 5.02 Å². The highest BCUT2D eigenvalue weighted by atomic mass is 35.5. The minimum Gasteiger partial charge on any atom is -0.468 e. The van der Waals surface area contributed by atoms with Crippen LogP contribution in [0.4, 0.5) is 0 Å². The number of methoxy groups -OCH3 is 1. The maximum absolute atomic E-state index is 12.7. The maximum atomic E-state index is 12.7. The molecule has 0 aliphatic carbocycles. The fourth-order valence-corrected chi connectivity index (χ4v) is 4.07. The molecule has 2 aliphatic heterocycles. The van der Waals surface area contributed by atoms with Crippen LogP contribution in [0.15, 0.2) is 24.3 Å². The maximum Gasteiger partial charge on any atom is 0.326 e. The summed E-state index contributed by atoms with van der Waals surface area (Å²) < 4.78 is 4.95. The van der Waals surface area contributed by atoms with Crippen LogP contribution in [0.5, 0.6) is 0 Å². The van der Waals surface area contributed by atoms with Crippen LogP contribution in [0.1, 0.15) is 24.9 Å². The van der Waals surface area contributed by atoms with Gasteiger partial charge in [0.2, 0.25) is 11.8 Å². The van der Waals surface area contributed by atoms with E-state index in [1.807, 2.05) is 0 Å². The number of benzene rings is 1. The topological polar surface area (TPSA) is 75.7 Å². The van der Waals surface area contributed by atoms with Crippen molar-refractivity contribution >= 4 is 29.4 Å². The SMILES string of the molecule is CC[C@@]1(C(=O)OC)N[C@@H](c2ccc(Cl)cc2)[C@H]2C(=O)N(C)C(=O)[C@H]21. The zero-order chi connectivity index (χ0) is 17.6. The van der Waals surface area contributed by atoms with E-state index in [2.05, 4.69) is 5.32 Å². The Balaban J connectivity index is 2.12. The number of halogens is 1. The van der Waals surface area contributed by atoms with E-state index >= 15 is 0 Å². The number of nitrogens with zero attached hydrogens (tertiary/aromatic N) is 1. The number of esters is 1. The van der Waals surface area contributed by atoms with E-state index in [1.165, 1.54) is 14.2 Å². The van der Waals surface area contributed by atoms with E-state index in [4.69, 9.17) is 16.3 Å². The molecule has 0 bridgehead atoms. The molecule has 0 radical (unpaired) electrons. The lowest BCUT2D eigenvalue weighted by Gasteiger charge is -2.30. The van der Waals surface area contributed by atoms with Crippen molar-refractivity contribution < 1.29 is 19.1 Å². The first-order chi connectivity index (χ1) is 11.4. The Bertz CT molecular complexity index is 705. The molecule has 1 N–H and O–H groups in total. The minimum absolute atomic E-state index is 0.281. The second-order valence-corrected chi connectivity index (χ2v) is 6.67. The Labute approximate surface area is 145 Å². The van der Waals surface area contributed by atoms with Gasteiger partial charge in [0.05, 0.1) is 18.9 Å². The highest BCUT2D eigenvalue weighted by molar-refractivity contribution is 6.30. The number of hydrogen-bond donors (Lipinski definition) is 1. The summed E-state index contributed by atoms with van der Waals surface area (Å²) in [5, 5.41) is 3.82. The number of carbonyl (C=O) groups excluding carboxylic acids is 3. The summed E-state index contributed by atoms with van der Waals surface area (Å²) >= 11 is 5.94. The summed E-state index contributed by atoms with van der Waals surface area (Å²) in [7, 11) is 2.75. The lowest BCUT2D eigenvalue weighted by molar-refractivity contribution is -0.154. The second-order valence-electron chi connectivity index (χ2n) is 6.23. The molecule has 2 saturated heterocycles. The molecule has 24 heavy (non-hydrogen) atoms. The van der Waals surface area contributed by atoms with Gasteiger partial charge in [-0.05, 0) is 24.1 Å². The Hall–Kier alpha value is -1.92. The highest BCUT2D eigenvalue weighted by Crippen LogP contribution is 2.50. The van der Waals surface area contributed by atoms with E-state index in [9.17, 15) is 14.4 Å². The third-order valence-corrected chi connectivity index (χ3v) is 5.46. The quantitative estimate of drug-likeness (QED) is 0.661. The van der Waals surface area contributed by atoms with Gasteiger partial charge in [-0.2, -0.15) is 0 Å². The first-order valence-electron chi connectivity index (χ1n) is 7.80. The van der Waals surface area contributed by atoms with E-state index < -0.39 is 29.4 Å². The predicted molar refractivity (Wildman–Crippen MR) is 87.1 cm³/mol. The summed E-state index contributed by atoms with van der Waals surface area (Å²) in [4.78, 5) is 38.9. The zero-order valence-electron chi connectivity index (χ0n) is 13.7. The molecule has 0 unspecified atom stereocenters. The van der Waals surface area contributed by atoms with Gasteiger partial charge in [-0.3, -0.25) is 24.6 Å². The molecule has 2 aliphatic rings. The number of ether oxygens (including phenoxy) is 1. The molecule has 1 aromatic carbocycles. The third kappa shape index (κ3) is 2.17. The van der Waals surface area contributed by atoms with Gasteiger partial charge >= 0.3 is 5.97 Å². The van der Waals surface area contributed by atoms with Gasteiger partial charge in [0.15, 0.2) is 0 Å². The van der Waals surface area contributed by atoms with E-state index in [1.54, 1.807) is 31.2 Å². The number of imide groups is 1. The van der Waals surface area contributed by atoms with Crippen molar-refractivity contribution in [3.8, 4) is 0 Å². The Morgan fingerprint density at radius 1 is 1.29 bits per heavy atom. The van der Waals surface area contributed by atoms with Crippen LogP contribution in [0.3, 0.4) is 0 Å². The van der Waals surface area contributed by atoms with Crippen molar-refractivity contribution in [3.05, 3.63) is 34.9 Å². The van der Waals surface area contributed by atoms with Crippen LogP contribution in [-0.4, -0.2) is 42.4 Å². The summed E-state index contributed by atoms with van der Waals surface area (Å²) in [6, 6.07) is 6.60. The number of carbonyl (C=O) groups is 3. The van der Waals surface area contributed by atoms with Crippen molar-refractivity contribution in [2.75, 3.05) is 14.2 Å². The summed E-state index contributed by atoms with van der Waals surface area (Å²) in [5.41, 5.74) is -0.397. The van der Waals surface area contributed by atoms with E-state index in [0.29, 0.717) is 11.4 Å². The van der Waals surface area contributed by atoms with Crippen molar-refractivity contribution in [1.82, 2.24) is 10.2 Å². The molecule has 3 rings (SSSR count). The standard InChI is InChI=1S/C17H19ClN2O4/c1-4-17(16(23)24-3)12-11(14(21)20(2)15(12)22)13(19-17)9-5-7-10(18)8-6-9/h5-8,11-13,19H,4H2,1-3H3/t11-,12-,13-,17+/m0/s1. The fraction of sp³-hybridized carbons (Fsp3) is 0.471. The monoisotopic (exact) mass is 350 g/mol. The van der Waals surface area contributed by atoms with Crippen LogP contribution in [0.25, 0.3) is 0 Å². The number of hydrogen-bond acceptors (Lipinski definition) is 5. The van der Waals surface area contributed by atoms with Gasteiger partial charge in [-0.1, -0.05) is 30.7 Å². The van der Waals surface area contributed by atoms with E-state index in [-0.39, 0.29) is 11.8 Å². The van der Waals surface area contributed by atoms with Gasteiger partial charge in [0.1, 0.15) is 5.54 Å². The molecule has 0 aromatic heterocycles. The Morgan fingerprint density at radius 2 is 1.92 bits per heavy atom. The van der Waals surface area contributed by atoms with Gasteiger partial charge in [-0.15, -0.1) is 0 Å². The van der Waals surface area contributed by atoms with Gasteiger partial charge in [0, 0.05) is 18.1 Å². The summed E-state index contributed by atoms with van der Waals surface area (Å²) in [6.07, 6.45) is 0.345. The predicted octanol–water partition coefficient (Wildman–Crippen LogP) is 1.54. The van der Waals surface area contributed by atoms with Crippen molar-refractivity contribution in [2.45, 2.75) is 24.9 Å². The zero-order valence-corrected chi connectivity index (χ0v) is 14.5. The van der Waals surface area contributed by atoms with Crippen molar-refractivity contribution in [2.24, 2.45) is 11.8 Å². The lowest BCUT2D eigenvalue weighted by Crippen LogP contribution is -2.55. The molecule has 128 valence electrons. The molecule has 2 fully saturated rings. The van der Waals surface area contributed by atoms with Crippen LogP contribution in [0, 0.1) is 11.8 Å². The average molecular weight is 351 g/mol. The Kier molecular flexibility index (Phi) is 4.13. The summed E-state index contributed by atoms with van der Waals surface area (Å²) in [5.74, 6) is -2.55.